The molecule has 1 unspecified atom stereocenters. The molecule has 0 bridgehead atoms. The highest BCUT2D eigenvalue weighted by Gasteiger charge is 2.39. The molecule has 0 radical (unpaired) electrons. The van der Waals surface area contributed by atoms with Crippen molar-refractivity contribution in [2.45, 2.75) is 31.2 Å². The molecule has 1 aliphatic heterocycles. The van der Waals surface area contributed by atoms with Crippen LogP contribution in [0.15, 0.2) is 37.1 Å². The van der Waals surface area contributed by atoms with Crippen LogP contribution >= 0.6 is 0 Å². The Bertz CT molecular complexity index is 687. The van der Waals surface area contributed by atoms with Gasteiger partial charge in [-0.05, 0) is 48.9 Å². The van der Waals surface area contributed by atoms with Gasteiger partial charge in [0.05, 0.1) is 0 Å². The van der Waals surface area contributed by atoms with Gasteiger partial charge >= 0.3 is 0 Å². The van der Waals surface area contributed by atoms with Gasteiger partial charge in [0.25, 0.3) is 0 Å². The van der Waals surface area contributed by atoms with Crippen molar-refractivity contribution in [2.75, 3.05) is 19.6 Å². The molecule has 1 aromatic carbocycles. The second-order valence-corrected chi connectivity index (χ2v) is 6.88. The molecule has 1 fully saturated rings. The number of hydrogen-bond donors (Lipinski definition) is 2. The molecule has 1 saturated heterocycles. The highest BCUT2D eigenvalue weighted by Crippen LogP contribution is 2.45. The number of aromatic amines is 1. The Morgan fingerprint density at radius 3 is 3.14 bits per heavy atom. The quantitative estimate of drug-likeness (QED) is 0.852. The topological polar surface area (TPSA) is 45.0 Å². The van der Waals surface area contributed by atoms with Gasteiger partial charge in [0, 0.05) is 42.1 Å². The van der Waals surface area contributed by atoms with Crippen molar-refractivity contribution in [2.24, 2.45) is 11.7 Å². The van der Waals surface area contributed by atoms with E-state index in [1.165, 1.54) is 29.4 Å². The predicted octanol–water partition coefficient (Wildman–Crippen LogP) is 3.03. The summed E-state index contributed by atoms with van der Waals surface area (Å²) in [6.45, 7) is 6.91. The Morgan fingerprint density at radius 1 is 1.41 bits per heavy atom. The third-order valence-corrected chi connectivity index (χ3v) is 5.60. The summed E-state index contributed by atoms with van der Waals surface area (Å²) in [7, 11) is 0. The minimum Gasteiger partial charge on any atom is -0.361 e. The highest BCUT2D eigenvalue weighted by atomic mass is 15.2. The number of fused-ring (bicyclic) bond motifs is 2. The third-order valence-electron chi connectivity index (χ3n) is 5.60. The van der Waals surface area contributed by atoms with E-state index in [4.69, 9.17) is 5.73 Å². The average Bonchev–Trinajstić information content (AvgIpc) is 2.94. The molecule has 3 N–H and O–H groups in total. The molecule has 0 saturated carbocycles. The van der Waals surface area contributed by atoms with Gasteiger partial charge in [0.1, 0.15) is 0 Å². The van der Waals surface area contributed by atoms with Crippen LogP contribution < -0.4 is 5.73 Å². The minimum atomic E-state index is 0.612. The monoisotopic (exact) mass is 295 g/mol. The molecule has 3 heteroatoms. The Labute approximate surface area is 132 Å². The fourth-order valence-electron chi connectivity index (χ4n) is 4.72. The van der Waals surface area contributed by atoms with Gasteiger partial charge < -0.3 is 10.7 Å². The van der Waals surface area contributed by atoms with Crippen LogP contribution in [0.4, 0.5) is 0 Å². The molecule has 1 aromatic heterocycles. The first-order valence-corrected chi connectivity index (χ1v) is 8.45. The molecular formula is C19H25N3. The normalized spacial score (nSPS) is 27.8. The molecule has 4 rings (SSSR count). The molecule has 2 aliphatic rings. The van der Waals surface area contributed by atoms with Crippen molar-refractivity contribution in [1.82, 2.24) is 9.88 Å². The maximum atomic E-state index is 5.84. The first kappa shape index (κ1) is 14.0. The lowest BCUT2D eigenvalue weighted by Gasteiger charge is -2.47. The summed E-state index contributed by atoms with van der Waals surface area (Å²) in [6, 6.07) is 7.35. The fraction of sp³-hybridized carbons (Fsp3) is 0.474. The Kier molecular flexibility index (Phi) is 3.55. The van der Waals surface area contributed by atoms with Gasteiger partial charge in [-0.3, -0.25) is 4.90 Å². The maximum Gasteiger partial charge on any atom is 0.0459 e. The summed E-state index contributed by atoms with van der Waals surface area (Å²) in [4.78, 5) is 6.09. The average molecular weight is 295 g/mol. The molecule has 0 amide bonds. The first-order chi connectivity index (χ1) is 10.8. The number of nitrogens with one attached hydrogen (secondary N) is 1. The summed E-state index contributed by atoms with van der Waals surface area (Å²) in [5.41, 5.74) is 10.2. The number of piperidine rings is 1. The Balaban J connectivity index is 1.77. The zero-order valence-corrected chi connectivity index (χ0v) is 13.1. The number of H-pyrrole nitrogens is 1. The number of rotatable bonds is 4. The molecule has 2 heterocycles. The van der Waals surface area contributed by atoms with E-state index in [1.54, 1.807) is 5.56 Å². The third kappa shape index (κ3) is 2.11. The van der Waals surface area contributed by atoms with Crippen LogP contribution in [0.5, 0.6) is 0 Å². The van der Waals surface area contributed by atoms with Gasteiger partial charge in [-0.1, -0.05) is 18.2 Å². The van der Waals surface area contributed by atoms with Gasteiger partial charge in [-0.25, -0.2) is 0 Å². The molecule has 22 heavy (non-hydrogen) atoms. The number of hydrogen-bond acceptors (Lipinski definition) is 2. The van der Waals surface area contributed by atoms with Crippen LogP contribution in [0.3, 0.4) is 0 Å². The van der Waals surface area contributed by atoms with Gasteiger partial charge in [-0.15, -0.1) is 6.58 Å². The standard InChI is InChI=1S/C19H25N3/c1-2-8-22-12-13(6-7-20)9-16-15-4-3-5-17-19(15)14(11-21-17)10-18(16)22/h2-5,11,13,16,18,21H,1,6-10,12,20H2/t13-,16?,18-/m1/s1. The Morgan fingerprint density at radius 2 is 2.32 bits per heavy atom. The van der Waals surface area contributed by atoms with Crippen LogP contribution in [0.2, 0.25) is 0 Å². The van der Waals surface area contributed by atoms with Crippen molar-refractivity contribution in [3.63, 3.8) is 0 Å². The van der Waals surface area contributed by atoms with Crippen molar-refractivity contribution < 1.29 is 0 Å². The summed E-state index contributed by atoms with van der Waals surface area (Å²) in [5, 5.41) is 1.48. The number of nitrogens with zero attached hydrogens (tertiary/aromatic N) is 1. The molecule has 116 valence electrons. The second kappa shape index (κ2) is 5.56. The maximum absolute atomic E-state index is 5.84. The molecule has 0 spiro atoms. The number of benzene rings is 1. The van der Waals surface area contributed by atoms with Gasteiger partial charge in [0.2, 0.25) is 0 Å². The lowest BCUT2D eigenvalue weighted by atomic mass is 9.71. The summed E-state index contributed by atoms with van der Waals surface area (Å²) in [5.74, 6) is 1.35. The van der Waals surface area contributed by atoms with Crippen LogP contribution in [-0.4, -0.2) is 35.6 Å². The lowest BCUT2D eigenvalue weighted by molar-refractivity contribution is 0.0938. The second-order valence-electron chi connectivity index (χ2n) is 6.88. The van der Waals surface area contributed by atoms with E-state index in [9.17, 15) is 0 Å². The molecular weight excluding hydrogens is 270 g/mol. The summed E-state index contributed by atoms with van der Waals surface area (Å²) < 4.78 is 0. The van der Waals surface area contributed by atoms with E-state index in [0.717, 1.165) is 25.9 Å². The van der Waals surface area contributed by atoms with Crippen LogP contribution in [0.1, 0.15) is 29.9 Å². The number of aromatic nitrogens is 1. The van der Waals surface area contributed by atoms with Gasteiger partial charge in [0.15, 0.2) is 0 Å². The summed E-state index contributed by atoms with van der Waals surface area (Å²) >= 11 is 0. The smallest absolute Gasteiger partial charge is 0.0459 e. The van der Waals surface area contributed by atoms with E-state index in [-0.39, 0.29) is 0 Å². The molecule has 3 nitrogen and oxygen atoms in total. The SMILES string of the molecule is C=CCN1C[C@H](CCN)CC2c3cccc4[nH]cc(c34)C[C@H]21. The zero-order chi connectivity index (χ0) is 15.1. The lowest BCUT2D eigenvalue weighted by Crippen LogP contribution is -2.50. The van der Waals surface area contributed by atoms with E-state index in [2.05, 4.69) is 46.9 Å². The van der Waals surface area contributed by atoms with Crippen molar-refractivity contribution in [3.8, 4) is 0 Å². The Hall–Kier alpha value is -1.58. The van der Waals surface area contributed by atoms with Crippen molar-refractivity contribution in [1.29, 1.82) is 0 Å². The predicted molar refractivity (Wildman–Crippen MR) is 92.1 cm³/mol. The van der Waals surface area contributed by atoms with Crippen LogP contribution in [0.25, 0.3) is 10.9 Å². The minimum absolute atomic E-state index is 0.612. The first-order valence-electron chi connectivity index (χ1n) is 8.45. The van der Waals surface area contributed by atoms with E-state index < -0.39 is 0 Å². The van der Waals surface area contributed by atoms with E-state index >= 15 is 0 Å². The molecule has 1 aliphatic carbocycles. The number of likely N-dealkylation sites (tertiary alicyclic amines) is 1. The van der Waals surface area contributed by atoms with Crippen LogP contribution in [0, 0.1) is 5.92 Å². The van der Waals surface area contributed by atoms with E-state index in [0.29, 0.717) is 17.9 Å². The van der Waals surface area contributed by atoms with Crippen molar-refractivity contribution in [3.05, 3.63) is 48.2 Å². The fourth-order valence-corrected chi connectivity index (χ4v) is 4.72. The molecule has 2 aromatic rings. The summed E-state index contributed by atoms with van der Waals surface area (Å²) in [6.07, 6.45) is 7.83. The van der Waals surface area contributed by atoms with Gasteiger partial charge in [-0.2, -0.15) is 0 Å². The van der Waals surface area contributed by atoms with E-state index in [1.807, 2.05) is 0 Å². The van der Waals surface area contributed by atoms with Crippen LogP contribution in [-0.2, 0) is 6.42 Å². The largest absolute Gasteiger partial charge is 0.361 e. The highest BCUT2D eigenvalue weighted by molar-refractivity contribution is 5.88. The number of nitrogens with two attached hydrogens (primary N) is 1. The zero-order valence-electron chi connectivity index (χ0n) is 13.1. The molecule has 3 atom stereocenters. The van der Waals surface area contributed by atoms with Crippen molar-refractivity contribution >= 4 is 10.9 Å².